The van der Waals surface area contributed by atoms with Gasteiger partial charge in [0.15, 0.2) is 0 Å². The van der Waals surface area contributed by atoms with E-state index in [1.54, 1.807) is 6.92 Å². The SMILES string of the molecule is Cc1nc(CNC(=O)OCc2ccccc2)c(=O)[nH]c1CNC(=O)OCc1ccccc1. The van der Waals surface area contributed by atoms with Crippen LogP contribution in [0.5, 0.6) is 0 Å². The summed E-state index contributed by atoms with van der Waals surface area (Å²) < 4.78 is 10.3. The van der Waals surface area contributed by atoms with E-state index in [0.717, 1.165) is 11.1 Å². The molecule has 0 bridgehead atoms. The average Bonchev–Trinajstić information content (AvgIpc) is 2.82. The van der Waals surface area contributed by atoms with Crippen LogP contribution in [0.3, 0.4) is 0 Å². The summed E-state index contributed by atoms with van der Waals surface area (Å²) in [6.45, 7) is 1.93. The zero-order valence-corrected chi connectivity index (χ0v) is 17.6. The summed E-state index contributed by atoms with van der Waals surface area (Å²) in [7, 11) is 0. The molecule has 0 aliphatic carbocycles. The van der Waals surface area contributed by atoms with E-state index < -0.39 is 17.7 Å². The van der Waals surface area contributed by atoms with Crippen LogP contribution in [0.25, 0.3) is 0 Å². The fraction of sp³-hybridized carbons (Fsp3) is 0.217. The molecule has 32 heavy (non-hydrogen) atoms. The van der Waals surface area contributed by atoms with Gasteiger partial charge in [-0.2, -0.15) is 0 Å². The highest BCUT2D eigenvalue weighted by Crippen LogP contribution is 2.03. The van der Waals surface area contributed by atoms with Crippen LogP contribution in [0.4, 0.5) is 9.59 Å². The van der Waals surface area contributed by atoms with Gasteiger partial charge in [0, 0.05) is 0 Å². The molecular weight excluding hydrogens is 412 g/mol. The molecule has 2 aromatic carbocycles. The molecule has 0 fully saturated rings. The normalized spacial score (nSPS) is 10.3. The third-order valence-electron chi connectivity index (χ3n) is 4.50. The summed E-state index contributed by atoms with van der Waals surface area (Å²) in [5.41, 5.74) is 2.36. The van der Waals surface area contributed by atoms with Gasteiger partial charge >= 0.3 is 12.2 Å². The molecule has 0 atom stereocenters. The Morgan fingerprint density at radius 2 is 1.34 bits per heavy atom. The number of ether oxygens (including phenoxy) is 2. The highest BCUT2D eigenvalue weighted by atomic mass is 16.6. The second-order valence-corrected chi connectivity index (χ2v) is 6.91. The summed E-state index contributed by atoms with van der Waals surface area (Å²) >= 11 is 0. The Labute approximate surface area is 184 Å². The number of nitrogens with one attached hydrogen (secondary N) is 3. The highest BCUT2D eigenvalue weighted by Gasteiger charge is 2.11. The van der Waals surface area contributed by atoms with Crippen molar-refractivity contribution in [2.75, 3.05) is 0 Å². The molecule has 3 N–H and O–H groups in total. The number of carbonyl (C=O) groups excluding carboxylic acids is 2. The number of rotatable bonds is 8. The lowest BCUT2D eigenvalue weighted by atomic mass is 10.2. The van der Waals surface area contributed by atoms with Crippen molar-refractivity contribution in [2.45, 2.75) is 33.2 Å². The lowest BCUT2D eigenvalue weighted by Crippen LogP contribution is -2.31. The molecule has 0 radical (unpaired) electrons. The topological polar surface area (TPSA) is 122 Å². The summed E-state index contributed by atoms with van der Waals surface area (Å²) in [4.78, 5) is 42.9. The van der Waals surface area contributed by atoms with Crippen molar-refractivity contribution in [3.05, 3.63) is 99.2 Å². The van der Waals surface area contributed by atoms with Crippen LogP contribution in [0.2, 0.25) is 0 Å². The first kappa shape index (κ1) is 22.5. The highest BCUT2D eigenvalue weighted by molar-refractivity contribution is 5.67. The molecule has 3 rings (SSSR count). The number of amides is 2. The van der Waals surface area contributed by atoms with Crippen LogP contribution in [0.15, 0.2) is 65.5 Å². The van der Waals surface area contributed by atoms with E-state index in [4.69, 9.17) is 9.47 Å². The van der Waals surface area contributed by atoms with Crippen LogP contribution in [-0.4, -0.2) is 22.2 Å². The molecule has 0 unspecified atom stereocenters. The van der Waals surface area contributed by atoms with Crippen molar-refractivity contribution in [3.8, 4) is 0 Å². The Balaban J connectivity index is 1.46. The van der Waals surface area contributed by atoms with E-state index >= 15 is 0 Å². The van der Waals surface area contributed by atoms with Gasteiger partial charge in [0.05, 0.1) is 24.5 Å². The summed E-state index contributed by atoms with van der Waals surface area (Å²) in [5.74, 6) is 0. The van der Waals surface area contributed by atoms with Gasteiger partial charge in [0.1, 0.15) is 18.9 Å². The van der Waals surface area contributed by atoms with Crippen LogP contribution < -0.4 is 16.2 Å². The Morgan fingerprint density at radius 1 is 0.844 bits per heavy atom. The number of aromatic amines is 1. The predicted molar refractivity (Wildman–Crippen MR) is 117 cm³/mol. The first-order valence-corrected chi connectivity index (χ1v) is 9.99. The predicted octanol–water partition coefficient (Wildman–Crippen LogP) is 2.93. The van der Waals surface area contributed by atoms with Crippen molar-refractivity contribution >= 4 is 12.2 Å². The second-order valence-electron chi connectivity index (χ2n) is 6.91. The van der Waals surface area contributed by atoms with Crippen LogP contribution >= 0.6 is 0 Å². The zero-order valence-electron chi connectivity index (χ0n) is 17.6. The van der Waals surface area contributed by atoms with Crippen molar-refractivity contribution < 1.29 is 19.1 Å². The van der Waals surface area contributed by atoms with Crippen molar-refractivity contribution in [2.24, 2.45) is 0 Å². The van der Waals surface area contributed by atoms with Crippen LogP contribution in [0.1, 0.15) is 28.2 Å². The largest absolute Gasteiger partial charge is 0.445 e. The summed E-state index contributed by atoms with van der Waals surface area (Å²) in [5, 5.41) is 5.08. The third-order valence-corrected chi connectivity index (χ3v) is 4.50. The van der Waals surface area contributed by atoms with Gasteiger partial charge in [-0.05, 0) is 18.1 Å². The first-order valence-electron chi connectivity index (χ1n) is 9.99. The van der Waals surface area contributed by atoms with E-state index in [1.165, 1.54) is 0 Å². The standard InChI is InChI=1S/C23H24N4O5/c1-16-19(12-24-22(29)31-14-17-8-4-2-5-9-17)27-21(28)20(26-16)13-25-23(30)32-15-18-10-6-3-7-11-18/h2-11H,12-15H2,1H3,(H,24,29)(H,25,30)(H,27,28). The molecule has 9 nitrogen and oxygen atoms in total. The molecule has 0 aliphatic heterocycles. The quantitative estimate of drug-likeness (QED) is 0.499. The Bertz CT molecular complexity index is 1100. The number of benzene rings is 2. The number of H-pyrrole nitrogens is 1. The Morgan fingerprint density at radius 3 is 1.88 bits per heavy atom. The van der Waals surface area contributed by atoms with Gasteiger partial charge in [-0.1, -0.05) is 60.7 Å². The van der Waals surface area contributed by atoms with Crippen molar-refractivity contribution in [3.63, 3.8) is 0 Å². The molecule has 0 saturated carbocycles. The monoisotopic (exact) mass is 436 g/mol. The molecule has 166 valence electrons. The molecule has 0 aliphatic rings. The van der Waals surface area contributed by atoms with E-state index in [1.807, 2.05) is 60.7 Å². The minimum atomic E-state index is -0.653. The van der Waals surface area contributed by atoms with Gasteiger partial charge < -0.3 is 25.1 Å². The van der Waals surface area contributed by atoms with Gasteiger partial charge in [0.2, 0.25) is 0 Å². The molecule has 0 spiro atoms. The summed E-state index contributed by atoms with van der Waals surface area (Å²) in [6.07, 6.45) is -1.26. The van der Waals surface area contributed by atoms with Crippen LogP contribution in [0, 0.1) is 6.92 Å². The Kier molecular flexibility index (Phi) is 7.96. The number of alkyl carbamates (subject to hydrolysis) is 2. The maximum absolute atomic E-state index is 12.3. The number of hydrogen-bond acceptors (Lipinski definition) is 6. The lowest BCUT2D eigenvalue weighted by molar-refractivity contribution is 0.138. The minimum absolute atomic E-state index is 0.0501. The molecule has 1 heterocycles. The maximum Gasteiger partial charge on any atom is 0.407 e. The van der Waals surface area contributed by atoms with Gasteiger partial charge in [0.25, 0.3) is 5.56 Å². The number of hydrogen-bond donors (Lipinski definition) is 3. The van der Waals surface area contributed by atoms with Crippen molar-refractivity contribution in [1.29, 1.82) is 0 Å². The second kappa shape index (κ2) is 11.3. The number of nitrogens with zero attached hydrogens (tertiary/aromatic N) is 1. The molecular formula is C23H24N4O5. The molecule has 1 aromatic heterocycles. The summed E-state index contributed by atoms with van der Waals surface area (Å²) in [6, 6.07) is 18.5. The van der Waals surface area contributed by atoms with E-state index in [-0.39, 0.29) is 32.0 Å². The maximum atomic E-state index is 12.3. The van der Waals surface area contributed by atoms with E-state index in [0.29, 0.717) is 11.4 Å². The molecule has 9 heteroatoms. The zero-order chi connectivity index (χ0) is 22.8. The molecule has 2 amide bonds. The minimum Gasteiger partial charge on any atom is -0.445 e. The van der Waals surface area contributed by atoms with Crippen molar-refractivity contribution in [1.82, 2.24) is 20.6 Å². The van der Waals surface area contributed by atoms with Gasteiger partial charge in [-0.15, -0.1) is 0 Å². The third kappa shape index (κ3) is 6.98. The fourth-order valence-corrected chi connectivity index (χ4v) is 2.78. The van der Waals surface area contributed by atoms with Crippen LogP contribution in [-0.2, 0) is 35.8 Å². The average molecular weight is 436 g/mol. The number of aryl methyl sites for hydroxylation is 1. The van der Waals surface area contributed by atoms with E-state index in [9.17, 15) is 14.4 Å². The smallest absolute Gasteiger partial charge is 0.407 e. The van der Waals surface area contributed by atoms with Gasteiger partial charge in [-0.25, -0.2) is 14.6 Å². The lowest BCUT2D eigenvalue weighted by Gasteiger charge is -2.10. The molecule has 3 aromatic rings. The number of carbonyl (C=O) groups is 2. The van der Waals surface area contributed by atoms with Gasteiger partial charge in [-0.3, -0.25) is 4.79 Å². The number of aromatic nitrogens is 2. The van der Waals surface area contributed by atoms with E-state index in [2.05, 4.69) is 20.6 Å². The first-order chi connectivity index (χ1) is 15.5. The molecule has 0 saturated heterocycles. The fourth-order valence-electron chi connectivity index (χ4n) is 2.78. The Hall–Kier alpha value is -4.14.